The zero-order valence-corrected chi connectivity index (χ0v) is 14.7. The van der Waals surface area contributed by atoms with Crippen LogP contribution in [0.5, 0.6) is 0 Å². The molecule has 2 heteroatoms. The van der Waals surface area contributed by atoms with Gasteiger partial charge < -0.3 is 0 Å². The lowest BCUT2D eigenvalue weighted by molar-refractivity contribution is -0.109. The molecule has 1 nitrogen and oxygen atoms in total. The molecule has 19 heavy (non-hydrogen) atoms. The first-order valence-electron chi connectivity index (χ1n) is 7.37. The van der Waals surface area contributed by atoms with E-state index in [4.69, 9.17) is 0 Å². The molecule has 0 aromatic heterocycles. The fourth-order valence-electron chi connectivity index (χ4n) is 1.83. The summed E-state index contributed by atoms with van der Waals surface area (Å²) in [4.78, 5) is 11.2. The molecule has 0 saturated carbocycles. The lowest BCUT2D eigenvalue weighted by atomic mass is 9.83. The third kappa shape index (κ3) is 11.3. The number of carbonyl (C=O) groups excluding carboxylic acids is 1. The van der Waals surface area contributed by atoms with Crippen molar-refractivity contribution in [2.24, 2.45) is 10.8 Å². The number of hydrogen-bond donors (Lipinski definition) is 0. The van der Waals surface area contributed by atoms with E-state index in [1.165, 1.54) is 30.2 Å². The highest BCUT2D eigenvalue weighted by atomic mass is 32.2. The summed E-state index contributed by atoms with van der Waals surface area (Å²) in [6.45, 7) is 15.3. The van der Waals surface area contributed by atoms with Crippen LogP contribution in [-0.2, 0) is 4.79 Å². The average Bonchev–Trinajstić information content (AvgIpc) is 2.23. The summed E-state index contributed by atoms with van der Waals surface area (Å²) in [5, 5.41) is 0.219. The van der Waals surface area contributed by atoms with E-state index in [0.29, 0.717) is 10.8 Å². The van der Waals surface area contributed by atoms with Crippen molar-refractivity contribution < 1.29 is 4.79 Å². The molecule has 0 spiro atoms. The minimum absolute atomic E-state index is 0.219. The Morgan fingerprint density at radius 2 is 1.74 bits per heavy atom. The van der Waals surface area contributed by atoms with Gasteiger partial charge in [-0.05, 0) is 30.1 Å². The molecule has 0 heterocycles. The van der Waals surface area contributed by atoms with Gasteiger partial charge in [0.25, 0.3) is 0 Å². The minimum atomic E-state index is 0.219. The molecule has 0 aliphatic rings. The van der Waals surface area contributed by atoms with Crippen molar-refractivity contribution in [2.75, 3.05) is 5.75 Å². The van der Waals surface area contributed by atoms with Crippen LogP contribution in [0.4, 0.5) is 0 Å². The number of rotatable bonds is 7. The first-order valence-corrected chi connectivity index (χ1v) is 8.35. The topological polar surface area (TPSA) is 17.1 Å². The summed E-state index contributed by atoms with van der Waals surface area (Å²) >= 11 is 1.44. The van der Waals surface area contributed by atoms with Crippen molar-refractivity contribution in [3.63, 3.8) is 0 Å². The van der Waals surface area contributed by atoms with Crippen molar-refractivity contribution in [3.05, 3.63) is 11.6 Å². The molecule has 0 aliphatic carbocycles. The van der Waals surface area contributed by atoms with Crippen molar-refractivity contribution in [1.82, 2.24) is 0 Å². The summed E-state index contributed by atoms with van der Waals surface area (Å²) in [6, 6.07) is 0. The van der Waals surface area contributed by atoms with Crippen LogP contribution in [-0.4, -0.2) is 10.9 Å². The first-order chi connectivity index (χ1) is 8.56. The Morgan fingerprint density at radius 3 is 2.16 bits per heavy atom. The minimum Gasteiger partial charge on any atom is -0.288 e. The second kappa shape index (κ2) is 8.14. The van der Waals surface area contributed by atoms with Crippen LogP contribution in [0.1, 0.15) is 74.1 Å². The Morgan fingerprint density at radius 1 is 1.16 bits per heavy atom. The highest BCUT2D eigenvalue weighted by Gasteiger charge is 2.18. The van der Waals surface area contributed by atoms with Gasteiger partial charge in [0.05, 0.1) is 0 Å². The smallest absolute Gasteiger partial charge is 0.186 e. The van der Waals surface area contributed by atoms with Gasteiger partial charge in [-0.15, -0.1) is 0 Å². The number of hydrogen-bond acceptors (Lipinski definition) is 2. The maximum atomic E-state index is 11.2. The molecular weight excluding hydrogens is 252 g/mol. The van der Waals surface area contributed by atoms with Crippen LogP contribution in [0, 0.1) is 10.8 Å². The van der Waals surface area contributed by atoms with Gasteiger partial charge in [0, 0.05) is 12.7 Å². The highest BCUT2D eigenvalue weighted by molar-refractivity contribution is 8.13. The standard InChI is InChI=1S/C17H32OS/c1-8-17(6,7)12-15(13-19-14(2)18)10-9-11-16(3,4)5/h10H,8-9,11-13H2,1-7H3/b15-10-. The predicted molar refractivity (Wildman–Crippen MR) is 88.6 cm³/mol. The number of thioether (sulfide) groups is 1. The van der Waals surface area contributed by atoms with E-state index in [2.05, 4.69) is 47.6 Å². The molecule has 0 fully saturated rings. The molecule has 0 aliphatic heterocycles. The fourth-order valence-corrected chi connectivity index (χ4v) is 2.43. The van der Waals surface area contributed by atoms with Gasteiger partial charge in [-0.3, -0.25) is 4.79 Å². The Bertz CT molecular complexity index is 308. The predicted octanol–water partition coefficient (Wildman–Crippen LogP) is 5.85. The van der Waals surface area contributed by atoms with Crippen molar-refractivity contribution in [3.8, 4) is 0 Å². The maximum absolute atomic E-state index is 11.2. The van der Waals surface area contributed by atoms with E-state index < -0.39 is 0 Å². The fraction of sp³-hybridized carbons (Fsp3) is 0.824. The second-order valence-electron chi connectivity index (χ2n) is 7.44. The van der Waals surface area contributed by atoms with E-state index in [1.54, 1.807) is 6.92 Å². The Kier molecular flexibility index (Phi) is 8.03. The second-order valence-corrected chi connectivity index (χ2v) is 8.59. The summed E-state index contributed by atoms with van der Waals surface area (Å²) < 4.78 is 0. The van der Waals surface area contributed by atoms with Gasteiger partial charge in [0.2, 0.25) is 0 Å². The SMILES string of the molecule is CCC(C)(C)C/C(=C/CCC(C)(C)C)CSC(C)=O. The third-order valence-corrected chi connectivity index (χ3v) is 4.37. The van der Waals surface area contributed by atoms with Gasteiger partial charge in [0.1, 0.15) is 0 Å². The van der Waals surface area contributed by atoms with E-state index in [1.807, 2.05) is 0 Å². The molecule has 0 saturated heterocycles. The highest BCUT2D eigenvalue weighted by Crippen LogP contribution is 2.31. The third-order valence-electron chi connectivity index (χ3n) is 3.45. The Hall–Kier alpha value is -0.240. The van der Waals surface area contributed by atoms with E-state index in [-0.39, 0.29) is 5.12 Å². The summed E-state index contributed by atoms with van der Waals surface area (Å²) in [5.41, 5.74) is 2.16. The van der Waals surface area contributed by atoms with Crippen LogP contribution in [0.3, 0.4) is 0 Å². The molecule has 0 unspecified atom stereocenters. The molecule has 0 atom stereocenters. The zero-order valence-electron chi connectivity index (χ0n) is 13.9. The lowest BCUT2D eigenvalue weighted by Gasteiger charge is -2.24. The molecular formula is C17H32OS. The van der Waals surface area contributed by atoms with E-state index in [0.717, 1.165) is 18.6 Å². The molecule has 0 bridgehead atoms. The van der Waals surface area contributed by atoms with Crippen molar-refractivity contribution >= 4 is 16.9 Å². The zero-order chi connectivity index (χ0) is 15.1. The van der Waals surface area contributed by atoms with Crippen LogP contribution >= 0.6 is 11.8 Å². The number of carbonyl (C=O) groups is 1. The monoisotopic (exact) mass is 284 g/mol. The van der Waals surface area contributed by atoms with Gasteiger partial charge in [0.15, 0.2) is 5.12 Å². The van der Waals surface area contributed by atoms with Gasteiger partial charge in [-0.2, -0.15) is 0 Å². The molecule has 112 valence electrons. The van der Waals surface area contributed by atoms with Crippen LogP contribution in [0.25, 0.3) is 0 Å². The molecule has 0 aromatic carbocycles. The van der Waals surface area contributed by atoms with Crippen LogP contribution < -0.4 is 0 Å². The largest absolute Gasteiger partial charge is 0.288 e. The quantitative estimate of drug-likeness (QED) is 0.546. The van der Waals surface area contributed by atoms with E-state index in [9.17, 15) is 4.79 Å². The lowest BCUT2D eigenvalue weighted by Crippen LogP contribution is -2.12. The average molecular weight is 285 g/mol. The maximum Gasteiger partial charge on any atom is 0.186 e. The number of allylic oxidation sites excluding steroid dienone is 1. The van der Waals surface area contributed by atoms with Gasteiger partial charge >= 0.3 is 0 Å². The normalized spacial score (nSPS) is 13.7. The van der Waals surface area contributed by atoms with Crippen LogP contribution in [0.2, 0.25) is 0 Å². The van der Waals surface area contributed by atoms with Crippen molar-refractivity contribution in [2.45, 2.75) is 74.1 Å². The summed E-state index contributed by atoms with van der Waals surface area (Å²) in [5.74, 6) is 0.864. The molecule has 0 amide bonds. The summed E-state index contributed by atoms with van der Waals surface area (Å²) in [6.07, 6.45) is 6.98. The molecule has 0 radical (unpaired) electrons. The summed E-state index contributed by atoms with van der Waals surface area (Å²) in [7, 11) is 0. The Balaban J connectivity index is 4.56. The van der Waals surface area contributed by atoms with Crippen LogP contribution in [0.15, 0.2) is 11.6 Å². The van der Waals surface area contributed by atoms with Gasteiger partial charge in [-0.1, -0.05) is 71.4 Å². The Labute approximate surface area is 124 Å². The molecule has 0 N–H and O–H groups in total. The van der Waals surface area contributed by atoms with E-state index >= 15 is 0 Å². The van der Waals surface area contributed by atoms with Crippen molar-refractivity contribution in [1.29, 1.82) is 0 Å². The first kappa shape index (κ1) is 18.8. The van der Waals surface area contributed by atoms with Gasteiger partial charge in [-0.25, -0.2) is 0 Å². The molecule has 0 rings (SSSR count). The molecule has 0 aromatic rings.